The van der Waals surface area contributed by atoms with Crippen LogP contribution in [0.15, 0.2) is 24.3 Å². The monoisotopic (exact) mass is 293 g/mol. The largest absolute Gasteiger partial charge is 0.314 e. The lowest BCUT2D eigenvalue weighted by molar-refractivity contribution is 0.399. The number of benzene rings is 1. The Morgan fingerprint density at radius 1 is 1.20 bits per heavy atom. The first-order valence-electron chi connectivity index (χ1n) is 7.54. The van der Waals surface area contributed by atoms with E-state index in [1.54, 1.807) is 0 Å². The molecule has 20 heavy (non-hydrogen) atoms. The highest BCUT2D eigenvalue weighted by Gasteiger charge is 2.53. The molecule has 1 saturated carbocycles. The van der Waals surface area contributed by atoms with Crippen LogP contribution in [0.4, 0.5) is 0 Å². The topological polar surface area (TPSA) is 46.2 Å². The van der Waals surface area contributed by atoms with Gasteiger partial charge < -0.3 is 5.32 Å². The molecular formula is C16H23NO2S. The molecule has 110 valence electrons. The number of hydrogen-bond acceptors (Lipinski definition) is 3. The van der Waals surface area contributed by atoms with E-state index in [-0.39, 0.29) is 0 Å². The molecule has 2 aliphatic rings. The third kappa shape index (κ3) is 2.63. The second-order valence-corrected chi connectivity index (χ2v) is 8.64. The first-order chi connectivity index (χ1) is 9.51. The summed E-state index contributed by atoms with van der Waals surface area (Å²) in [4.78, 5) is 0. The Morgan fingerprint density at radius 2 is 1.90 bits per heavy atom. The van der Waals surface area contributed by atoms with Crippen LogP contribution in [0, 0.1) is 0 Å². The molecular weight excluding hydrogens is 270 g/mol. The minimum Gasteiger partial charge on any atom is -0.314 e. The van der Waals surface area contributed by atoms with Gasteiger partial charge in [-0.25, -0.2) is 8.42 Å². The van der Waals surface area contributed by atoms with Gasteiger partial charge in [0.2, 0.25) is 0 Å². The molecule has 4 heteroatoms. The summed E-state index contributed by atoms with van der Waals surface area (Å²) < 4.78 is 23.2. The highest BCUT2D eigenvalue weighted by molar-refractivity contribution is 7.92. The van der Waals surface area contributed by atoms with Crippen molar-refractivity contribution in [2.24, 2.45) is 0 Å². The Labute approximate surface area is 121 Å². The van der Waals surface area contributed by atoms with Gasteiger partial charge in [-0.3, -0.25) is 0 Å². The summed E-state index contributed by atoms with van der Waals surface area (Å²) >= 11 is 0. The fourth-order valence-corrected chi connectivity index (χ4v) is 4.72. The number of hydrogen-bond donors (Lipinski definition) is 1. The summed E-state index contributed by atoms with van der Waals surface area (Å²) in [5.74, 6) is 0. The molecule has 1 unspecified atom stereocenters. The van der Waals surface area contributed by atoms with Gasteiger partial charge in [-0.1, -0.05) is 30.7 Å². The smallest absolute Gasteiger partial charge is 0.157 e. The Hall–Kier alpha value is -0.870. The van der Waals surface area contributed by atoms with E-state index in [1.165, 1.54) is 31.1 Å². The highest BCUT2D eigenvalue weighted by Crippen LogP contribution is 2.52. The molecule has 3 nitrogen and oxygen atoms in total. The Morgan fingerprint density at radius 3 is 2.40 bits per heavy atom. The lowest BCUT2D eigenvalue weighted by Gasteiger charge is -2.23. The average molecular weight is 293 g/mol. The van der Waals surface area contributed by atoms with Crippen molar-refractivity contribution < 1.29 is 8.42 Å². The standard InChI is InChI=1S/C16H23NO2S/c1-20(18,19)16(9-10-16)14-7-5-13(6-8-14)12-15-4-2-3-11-17-15/h5-8,15,17H,2-4,9-12H2,1H3. The van der Waals surface area contributed by atoms with Crippen molar-refractivity contribution in [1.82, 2.24) is 5.32 Å². The van der Waals surface area contributed by atoms with Gasteiger partial charge in [0.25, 0.3) is 0 Å². The van der Waals surface area contributed by atoms with E-state index >= 15 is 0 Å². The van der Waals surface area contributed by atoms with E-state index in [0.717, 1.165) is 31.4 Å². The molecule has 1 heterocycles. The van der Waals surface area contributed by atoms with Crippen LogP contribution in [0.2, 0.25) is 0 Å². The van der Waals surface area contributed by atoms with Crippen molar-refractivity contribution >= 4 is 9.84 Å². The van der Waals surface area contributed by atoms with Gasteiger partial charge in [0.1, 0.15) is 0 Å². The zero-order chi connectivity index (χ0) is 14.2. The lowest BCUT2D eigenvalue weighted by atomic mass is 9.97. The number of rotatable bonds is 4. The molecule has 1 aliphatic carbocycles. The summed E-state index contributed by atoms with van der Waals surface area (Å²) in [7, 11) is -3.00. The van der Waals surface area contributed by atoms with Crippen molar-refractivity contribution in [2.45, 2.75) is 49.3 Å². The van der Waals surface area contributed by atoms with Crippen LogP contribution in [0.25, 0.3) is 0 Å². The second-order valence-electron chi connectivity index (χ2n) is 6.31. The predicted octanol–water partition coefficient (Wildman–Crippen LogP) is 2.40. The number of sulfone groups is 1. The number of nitrogens with one attached hydrogen (secondary N) is 1. The second kappa shape index (κ2) is 5.15. The molecule has 0 amide bonds. The van der Waals surface area contributed by atoms with Gasteiger partial charge >= 0.3 is 0 Å². The van der Waals surface area contributed by atoms with Gasteiger partial charge in [-0.2, -0.15) is 0 Å². The van der Waals surface area contributed by atoms with Crippen LogP contribution in [0.3, 0.4) is 0 Å². The summed E-state index contributed by atoms with van der Waals surface area (Å²) in [5, 5.41) is 3.55. The van der Waals surface area contributed by atoms with Gasteiger partial charge in [-0.05, 0) is 49.8 Å². The van der Waals surface area contributed by atoms with Crippen molar-refractivity contribution in [3.05, 3.63) is 35.4 Å². The van der Waals surface area contributed by atoms with Crippen molar-refractivity contribution in [3.8, 4) is 0 Å². The molecule has 1 N–H and O–H groups in total. The molecule has 1 aliphatic heterocycles. The molecule has 0 bridgehead atoms. The fourth-order valence-electron chi connectivity index (χ4n) is 3.31. The van der Waals surface area contributed by atoms with E-state index in [2.05, 4.69) is 17.4 Å². The molecule has 0 spiro atoms. The average Bonchev–Trinajstić information content (AvgIpc) is 3.22. The maximum Gasteiger partial charge on any atom is 0.157 e. The molecule has 1 aromatic carbocycles. The zero-order valence-electron chi connectivity index (χ0n) is 12.1. The van der Waals surface area contributed by atoms with Crippen LogP contribution >= 0.6 is 0 Å². The van der Waals surface area contributed by atoms with Crippen LogP contribution in [-0.4, -0.2) is 27.3 Å². The quantitative estimate of drug-likeness (QED) is 0.927. The molecule has 1 atom stereocenters. The Balaban J connectivity index is 1.72. The van der Waals surface area contributed by atoms with Crippen molar-refractivity contribution in [3.63, 3.8) is 0 Å². The van der Waals surface area contributed by atoms with Crippen molar-refractivity contribution in [1.29, 1.82) is 0 Å². The van der Waals surface area contributed by atoms with E-state index in [9.17, 15) is 8.42 Å². The minimum atomic E-state index is -3.00. The number of piperidine rings is 1. The fraction of sp³-hybridized carbons (Fsp3) is 0.625. The molecule has 0 aromatic heterocycles. The summed E-state index contributed by atoms with van der Waals surface area (Å²) in [6.07, 6.45) is 7.80. The van der Waals surface area contributed by atoms with E-state index < -0.39 is 14.6 Å². The van der Waals surface area contributed by atoms with E-state index in [0.29, 0.717) is 6.04 Å². The zero-order valence-corrected chi connectivity index (χ0v) is 12.9. The Bertz CT molecular complexity index is 567. The molecule has 1 aromatic rings. The summed E-state index contributed by atoms with van der Waals surface area (Å²) in [6.45, 7) is 1.12. The van der Waals surface area contributed by atoms with Gasteiger partial charge in [-0.15, -0.1) is 0 Å². The minimum absolute atomic E-state index is 0.575. The first-order valence-corrected chi connectivity index (χ1v) is 9.43. The van der Waals surface area contributed by atoms with E-state index in [1.807, 2.05) is 12.1 Å². The van der Waals surface area contributed by atoms with Gasteiger partial charge in [0, 0.05) is 12.3 Å². The first kappa shape index (κ1) is 14.1. The van der Waals surface area contributed by atoms with Crippen molar-refractivity contribution in [2.75, 3.05) is 12.8 Å². The predicted molar refractivity (Wildman–Crippen MR) is 81.5 cm³/mol. The van der Waals surface area contributed by atoms with Crippen LogP contribution in [0.1, 0.15) is 43.2 Å². The third-order valence-electron chi connectivity index (χ3n) is 4.79. The highest BCUT2D eigenvalue weighted by atomic mass is 32.2. The molecule has 3 rings (SSSR count). The van der Waals surface area contributed by atoms with Gasteiger partial charge in [0.05, 0.1) is 4.75 Å². The maximum absolute atomic E-state index is 11.9. The maximum atomic E-state index is 11.9. The lowest BCUT2D eigenvalue weighted by Crippen LogP contribution is -2.35. The van der Waals surface area contributed by atoms with E-state index in [4.69, 9.17) is 0 Å². The molecule has 2 fully saturated rings. The van der Waals surface area contributed by atoms with Gasteiger partial charge in [0.15, 0.2) is 9.84 Å². The normalized spacial score (nSPS) is 25.4. The molecule has 1 saturated heterocycles. The molecule has 0 radical (unpaired) electrons. The van der Waals surface area contributed by atoms with Crippen LogP contribution in [-0.2, 0) is 21.0 Å². The van der Waals surface area contributed by atoms with Crippen LogP contribution in [0.5, 0.6) is 0 Å². The Kier molecular flexibility index (Phi) is 3.63. The summed E-state index contributed by atoms with van der Waals surface area (Å²) in [6, 6.07) is 8.84. The SMILES string of the molecule is CS(=O)(=O)C1(c2ccc(CC3CCCCN3)cc2)CC1. The third-order valence-corrected chi connectivity index (χ3v) is 6.85. The van der Waals surface area contributed by atoms with Crippen LogP contribution < -0.4 is 5.32 Å². The summed E-state index contributed by atoms with van der Waals surface area (Å²) in [5.41, 5.74) is 2.28.